The normalized spacial score (nSPS) is 24.3. The predicted molar refractivity (Wildman–Crippen MR) is 107 cm³/mol. The number of likely N-dealkylation sites (tertiary alicyclic amines) is 1. The van der Waals surface area contributed by atoms with Crippen molar-refractivity contribution in [3.05, 3.63) is 59.8 Å². The van der Waals surface area contributed by atoms with Crippen molar-refractivity contribution in [3.63, 3.8) is 0 Å². The number of nitrogens with one attached hydrogen (secondary N) is 1. The van der Waals surface area contributed by atoms with Crippen molar-refractivity contribution >= 4 is 7.85 Å². The van der Waals surface area contributed by atoms with Crippen LogP contribution >= 0.6 is 0 Å². The Morgan fingerprint density at radius 3 is 2.52 bits per heavy atom. The molecule has 1 fully saturated rings. The fraction of sp³-hybridized carbons (Fsp3) is 0.500. The Balaban J connectivity index is 3.12. The summed E-state index contributed by atoms with van der Waals surface area (Å²) in [4.78, 5) is 2.31. The van der Waals surface area contributed by atoms with E-state index in [1.807, 2.05) is 6.92 Å². The number of alkyl halides is 1. The predicted octanol–water partition coefficient (Wildman–Crippen LogP) is 4.22. The van der Waals surface area contributed by atoms with E-state index in [0.29, 0.717) is 11.4 Å². The summed E-state index contributed by atoms with van der Waals surface area (Å²) >= 11 is 0. The lowest BCUT2D eigenvalue weighted by Gasteiger charge is -2.31. The summed E-state index contributed by atoms with van der Waals surface area (Å²) in [5.41, 5.74) is 2.66. The van der Waals surface area contributed by atoms with Crippen LogP contribution in [-0.4, -0.2) is 38.0 Å². The Hall–Kier alpha value is -1.62. The third kappa shape index (κ3) is 6.31. The van der Waals surface area contributed by atoms with E-state index < -0.39 is 6.17 Å². The second-order valence-electron chi connectivity index (χ2n) is 7.07. The maximum atomic E-state index is 13.7. The van der Waals surface area contributed by atoms with Gasteiger partial charge in [-0.15, -0.1) is 0 Å². The first-order valence-corrected chi connectivity index (χ1v) is 8.87. The van der Waals surface area contributed by atoms with Crippen molar-refractivity contribution in [1.82, 2.24) is 10.2 Å². The van der Waals surface area contributed by atoms with E-state index in [1.54, 1.807) is 7.85 Å². The Morgan fingerprint density at radius 2 is 2.08 bits per heavy atom. The fourth-order valence-corrected chi connectivity index (χ4v) is 2.97. The maximum absolute atomic E-state index is 13.7. The number of nitrogens with zero attached hydrogens (tertiary/aromatic N) is 1. The molecule has 1 aliphatic heterocycles. The minimum Gasteiger partial charge on any atom is -0.356 e. The highest BCUT2D eigenvalue weighted by molar-refractivity contribution is 6.10. The van der Waals surface area contributed by atoms with Crippen molar-refractivity contribution in [2.45, 2.75) is 51.6 Å². The van der Waals surface area contributed by atoms with Gasteiger partial charge in [0.15, 0.2) is 0 Å². The highest BCUT2D eigenvalue weighted by Crippen LogP contribution is 2.32. The lowest BCUT2D eigenvalue weighted by molar-refractivity contribution is 0.250. The number of hydrogen-bond donors (Lipinski definition) is 1. The van der Waals surface area contributed by atoms with Gasteiger partial charge >= 0.3 is 0 Å². The molecule has 2 nitrogen and oxygen atoms in total. The summed E-state index contributed by atoms with van der Waals surface area (Å²) in [6.45, 7) is 14.7. The van der Waals surface area contributed by atoms with E-state index in [2.05, 4.69) is 43.4 Å². The molecule has 0 radical (unpaired) electrons. The van der Waals surface area contributed by atoms with Gasteiger partial charge in [0.1, 0.15) is 14.0 Å². The summed E-state index contributed by atoms with van der Waals surface area (Å²) in [6, 6.07) is 0. The van der Waals surface area contributed by atoms with Gasteiger partial charge in [0.25, 0.3) is 0 Å². The second kappa shape index (κ2) is 9.18. The monoisotopic (exact) mass is 348 g/mol. The minimum absolute atomic E-state index is 0.0688. The number of halogens is 2. The van der Waals surface area contributed by atoms with Crippen LogP contribution < -0.4 is 5.32 Å². The van der Waals surface area contributed by atoms with Crippen molar-refractivity contribution in [2.24, 2.45) is 0 Å². The van der Waals surface area contributed by atoms with Gasteiger partial charge in [-0.05, 0) is 76.8 Å². The summed E-state index contributed by atoms with van der Waals surface area (Å²) in [5.74, 6) is -0.310. The molecule has 1 saturated heterocycles. The van der Waals surface area contributed by atoms with Crippen molar-refractivity contribution in [2.75, 3.05) is 13.6 Å². The third-order valence-electron chi connectivity index (χ3n) is 4.64. The molecule has 0 aromatic heterocycles. The Kier molecular flexibility index (Phi) is 7.87. The Labute approximate surface area is 152 Å². The van der Waals surface area contributed by atoms with Crippen LogP contribution in [0, 0.1) is 0 Å². The van der Waals surface area contributed by atoms with Gasteiger partial charge < -0.3 is 5.32 Å². The summed E-state index contributed by atoms with van der Waals surface area (Å²) < 4.78 is 27.1. The molecule has 1 heterocycles. The molecular weight excluding hydrogens is 317 g/mol. The van der Waals surface area contributed by atoms with Crippen LogP contribution in [0.1, 0.15) is 33.6 Å². The van der Waals surface area contributed by atoms with Crippen LogP contribution in [0.3, 0.4) is 0 Å². The molecule has 0 aliphatic carbocycles. The quantitative estimate of drug-likeness (QED) is 0.522. The molecule has 1 N–H and O–H groups in total. The highest BCUT2D eigenvalue weighted by Gasteiger charge is 2.32. The molecule has 0 amide bonds. The smallest absolute Gasteiger partial charge is 0.118 e. The van der Waals surface area contributed by atoms with Gasteiger partial charge in [-0.2, -0.15) is 0 Å². The molecule has 0 spiro atoms. The topological polar surface area (TPSA) is 15.3 Å². The zero-order valence-electron chi connectivity index (χ0n) is 16.3. The lowest BCUT2D eigenvalue weighted by atomic mass is 9.92. The minimum atomic E-state index is -1.19. The van der Waals surface area contributed by atoms with Crippen molar-refractivity contribution in [1.29, 1.82) is 0 Å². The molecule has 2 atom stereocenters. The molecular formula is C20H31BF2N2. The molecule has 2 unspecified atom stereocenters. The third-order valence-corrected chi connectivity index (χ3v) is 4.64. The first kappa shape index (κ1) is 21.4. The Bertz CT molecular complexity index is 605. The molecule has 1 aliphatic rings. The van der Waals surface area contributed by atoms with E-state index in [1.165, 1.54) is 19.1 Å². The molecule has 0 bridgehead atoms. The average Bonchev–Trinajstić information content (AvgIpc) is 2.83. The molecule has 25 heavy (non-hydrogen) atoms. The standard InChI is InChI=1S/C20H31BF2N2/c1-14(2)19(12-20(5)8-7-9-25(20)6)16(4)24-18(10-15(3)22)11-17(23)13-21/h10-12,15,24H,1,4,7-9,13,21H2,2-3,5-6H3/b17-11+,18-10+,19-12+. The lowest BCUT2D eigenvalue weighted by Crippen LogP contribution is -2.36. The van der Waals surface area contributed by atoms with E-state index in [-0.39, 0.29) is 17.7 Å². The fourth-order valence-electron chi connectivity index (χ4n) is 2.97. The number of rotatable bonds is 8. The molecule has 1 rings (SSSR count). The van der Waals surface area contributed by atoms with Crippen molar-refractivity contribution in [3.8, 4) is 0 Å². The first-order valence-electron chi connectivity index (χ1n) is 8.87. The number of allylic oxidation sites excluding steroid dienone is 4. The van der Waals surface area contributed by atoms with Crippen LogP contribution in [0.15, 0.2) is 59.8 Å². The molecule has 138 valence electrons. The van der Waals surface area contributed by atoms with E-state index in [0.717, 1.165) is 30.5 Å². The van der Waals surface area contributed by atoms with Gasteiger partial charge in [0.2, 0.25) is 0 Å². The molecule has 0 aromatic carbocycles. The summed E-state index contributed by atoms with van der Waals surface area (Å²) in [5, 5.41) is 3.06. The average molecular weight is 348 g/mol. The SMILES string of the molecule is BC/C(F)=C\C(=C/C(C)F)NC(=C)/C(=C/C1(C)CCCN1C)C(=C)C. The molecule has 0 saturated carbocycles. The van der Waals surface area contributed by atoms with Crippen LogP contribution in [0.2, 0.25) is 6.32 Å². The van der Waals surface area contributed by atoms with Gasteiger partial charge in [-0.3, -0.25) is 4.90 Å². The maximum Gasteiger partial charge on any atom is 0.118 e. The Morgan fingerprint density at radius 1 is 1.44 bits per heavy atom. The molecule has 5 heteroatoms. The number of hydrogen-bond acceptors (Lipinski definition) is 2. The summed E-state index contributed by atoms with van der Waals surface area (Å²) in [7, 11) is 3.82. The second-order valence-corrected chi connectivity index (χ2v) is 7.07. The van der Waals surface area contributed by atoms with Crippen LogP contribution in [-0.2, 0) is 0 Å². The van der Waals surface area contributed by atoms with Crippen LogP contribution in [0.5, 0.6) is 0 Å². The van der Waals surface area contributed by atoms with E-state index in [9.17, 15) is 8.78 Å². The van der Waals surface area contributed by atoms with Gasteiger partial charge in [0.05, 0.1) is 5.83 Å². The van der Waals surface area contributed by atoms with Gasteiger partial charge in [-0.1, -0.05) is 19.2 Å². The largest absolute Gasteiger partial charge is 0.356 e. The molecule has 0 aromatic rings. The first-order chi connectivity index (χ1) is 11.6. The van der Waals surface area contributed by atoms with Gasteiger partial charge in [-0.25, -0.2) is 8.78 Å². The number of likely N-dealkylation sites (N-methyl/N-ethyl adjacent to an activating group) is 1. The van der Waals surface area contributed by atoms with E-state index >= 15 is 0 Å². The van der Waals surface area contributed by atoms with Crippen molar-refractivity contribution < 1.29 is 8.78 Å². The van der Waals surface area contributed by atoms with Crippen LogP contribution in [0.4, 0.5) is 8.78 Å². The summed E-state index contributed by atoms with van der Waals surface area (Å²) in [6.07, 6.45) is 6.10. The zero-order chi connectivity index (χ0) is 19.2. The van der Waals surface area contributed by atoms with E-state index in [4.69, 9.17) is 0 Å². The van der Waals surface area contributed by atoms with Crippen LogP contribution in [0.25, 0.3) is 0 Å². The van der Waals surface area contributed by atoms with Gasteiger partial charge in [0, 0.05) is 16.9 Å². The zero-order valence-corrected chi connectivity index (χ0v) is 16.3. The highest BCUT2D eigenvalue weighted by atomic mass is 19.1.